The Hall–Kier alpha value is -2.57. The molecule has 0 aromatic heterocycles. The number of likely N-dealkylation sites (tertiary alicyclic amines) is 1. The summed E-state index contributed by atoms with van der Waals surface area (Å²) in [7, 11) is 0. The van der Waals surface area contributed by atoms with Gasteiger partial charge in [-0.3, -0.25) is 14.4 Å². The van der Waals surface area contributed by atoms with E-state index in [-0.39, 0.29) is 25.0 Å². The fraction of sp³-hybridized carbons (Fsp3) is 0.471. The minimum atomic E-state index is -0.863. The number of rotatable bonds is 5. The number of carboxylic acid groups (broad SMARTS) is 1. The highest BCUT2D eigenvalue weighted by molar-refractivity contribution is 5.95. The van der Waals surface area contributed by atoms with Crippen molar-refractivity contribution < 1.29 is 24.2 Å². The van der Waals surface area contributed by atoms with E-state index < -0.39 is 11.9 Å². The second-order valence-electron chi connectivity index (χ2n) is 6.10. The van der Waals surface area contributed by atoms with Crippen LogP contribution in [0.25, 0.3) is 0 Å². The third-order valence-electron chi connectivity index (χ3n) is 4.47. The zero-order valence-electron chi connectivity index (χ0n) is 13.3. The molecule has 7 nitrogen and oxygen atoms in total. The molecule has 7 heteroatoms. The zero-order valence-corrected chi connectivity index (χ0v) is 13.3. The van der Waals surface area contributed by atoms with Crippen LogP contribution >= 0.6 is 0 Å². The molecule has 24 heavy (non-hydrogen) atoms. The van der Waals surface area contributed by atoms with Crippen molar-refractivity contribution in [3.8, 4) is 5.75 Å². The SMILES string of the molecule is O=C(O)[C@@H]1CCN(C(=O)COc2ccc(N3CCCC3=O)cc2)C1. The Bertz CT molecular complexity index is 643. The number of amides is 2. The van der Waals surface area contributed by atoms with Gasteiger partial charge < -0.3 is 19.6 Å². The first kappa shape index (κ1) is 16.3. The van der Waals surface area contributed by atoms with E-state index in [0.717, 1.165) is 18.7 Å². The highest BCUT2D eigenvalue weighted by Crippen LogP contribution is 2.24. The third kappa shape index (κ3) is 3.50. The molecule has 2 aliphatic rings. The molecular formula is C17H20N2O5. The van der Waals surface area contributed by atoms with E-state index in [0.29, 0.717) is 25.1 Å². The van der Waals surface area contributed by atoms with E-state index in [1.54, 1.807) is 29.2 Å². The fourth-order valence-corrected chi connectivity index (χ4v) is 3.07. The maximum Gasteiger partial charge on any atom is 0.308 e. The standard InChI is InChI=1S/C17H20N2O5/c20-15-2-1-8-19(15)13-3-5-14(6-4-13)24-11-16(21)18-9-7-12(10-18)17(22)23/h3-6,12H,1-2,7-11H2,(H,22,23)/t12-/m1/s1. The maximum absolute atomic E-state index is 12.1. The summed E-state index contributed by atoms with van der Waals surface area (Å²) in [4.78, 5) is 37.9. The van der Waals surface area contributed by atoms with E-state index in [4.69, 9.17) is 9.84 Å². The second-order valence-corrected chi connectivity index (χ2v) is 6.10. The van der Waals surface area contributed by atoms with Crippen LogP contribution in [0.4, 0.5) is 5.69 Å². The van der Waals surface area contributed by atoms with Gasteiger partial charge in [0.25, 0.3) is 5.91 Å². The quantitative estimate of drug-likeness (QED) is 0.873. The van der Waals surface area contributed by atoms with Crippen molar-refractivity contribution in [3.05, 3.63) is 24.3 Å². The number of nitrogens with zero attached hydrogens (tertiary/aromatic N) is 2. The van der Waals surface area contributed by atoms with Crippen molar-refractivity contribution in [1.82, 2.24) is 4.90 Å². The summed E-state index contributed by atoms with van der Waals surface area (Å²) in [5.74, 6) is -0.879. The van der Waals surface area contributed by atoms with Crippen LogP contribution < -0.4 is 9.64 Å². The van der Waals surface area contributed by atoms with E-state index >= 15 is 0 Å². The van der Waals surface area contributed by atoms with E-state index in [1.807, 2.05) is 0 Å². The molecule has 2 saturated heterocycles. The van der Waals surface area contributed by atoms with Crippen LogP contribution in [0, 0.1) is 5.92 Å². The average molecular weight is 332 g/mol. The van der Waals surface area contributed by atoms with Crippen LogP contribution in [-0.2, 0) is 14.4 Å². The Balaban J connectivity index is 1.51. The van der Waals surface area contributed by atoms with Crippen molar-refractivity contribution in [1.29, 1.82) is 0 Å². The zero-order chi connectivity index (χ0) is 17.1. The van der Waals surface area contributed by atoms with Gasteiger partial charge in [-0.2, -0.15) is 0 Å². The molecule has 0 spiro atoms. The largest absolute Gasteiger partial charge is 0.484 e. The molecule has 0 bridgehead atoms. The molecule has 2 amide bonds. The lowest BCUT2D eigenvalue weighted by Crippen LogP contribution is -2.33. The number of carbonyl (C=O) groups is 3. The summed E-state index contributed by atoms with van der Waals surface area (Å²) in [6, 6.07) is 7.08. The Labute approximate surface area is 139 Å². The molecule has 0 aliphatic carbocycles. The first-order valence-corrected chi connectivity index (χ1v) is 8.08. The van der Waals surface area contributed by atoms with Crippen LogP contribution in [0.5, 0.6) is 5.75 Å². The third-order valence-corrected chi connectivity index (χ3v) is 4.47. The Kier molecular flexibility index (Phi) is 4.69. The Morgan fingerprint density at radius 2 is 1.96 bits per heavy atom. The highest BCUT2D eigenvalue weighted by atomic mass is 16.5. The fourth-order valence-electron chi connectivity index (χ4n) is 3.07. The lowest BCUT2D eigenvalue weighted by atomic mass is 10.1. The van der Waals surface area contributed by atoms with Gasteiger partial charge in [-0.25, -0.2) is 0 Å². The Morgan fingerprint density at radius 1 is 1.21 bits per heavy atom. The van der Waals surface area contributed by atoms with E-state index in [2.05, 4.69) is 0 Å². The number of ether oxygens (including phenoxy) is 1. The molecule has 3 rings (SSSR count). The van der Waals surface area contributed by atoms with Gasteiger partial charge in [0.1, 0.15) is 5.75 Å². The van der Waals surface area contributed by atoms with Crippen molar-refractivity contribution >= 4 is 23.5 Å². The molecule has 0 unspecified atom stereocenters. The molecular weight excluding hydrogens is 312 g/mol. The predicted octanol–water partition coefficient (Wildman–Crippen LogP) is 1.13. The summed E-state index contributed by atoms with van der Waals surface area (Å²) in [6.07, 6.45) is 1.94. The summed E-state index contributed by atoms with van der Waals surface area (Å²) in [6.45, 7) is 1.31. The number of carbonyl (C=O) groups excluding carboxylic acids is 2. The second kappa shape index (κ2) is 6.90. The molecule has 2 aliphatic heterocycles. The van der Waals surface area contributed by atoms with Crippen LogP contribution in [0.2, 0.25) is 0 Å². The number of benzene rings is 1. The minimum absolute atomic E-state index is 0.117. The first-order valence-electron chi connectivity index (χ1n) is 8.08. The van der Waals surface area contributed by atoms with Gasteiger partial charge in [-0.1, -0.05) is 0 Å². The van der Waals surface area contributed by atoms with Gasteiger partial charge in [0.05, 0.1) is 5.92 Å². The number of aliphatic carboxylic acids is 1. The van der Waals surface area contributed by atoms with Gasteiger partial charge in [-0.15, -0.1) is 0 Å². The molecule has 1 aromatic rings. The molecule has 128 valence electrons. The smallest absolute Gasteiger partial charge is 0.308 e. The number of hydrogen-bond acceptors (Lipinski definition) is 4. The van der Waals surface area contributed by atoms with Crippen molar-refractivity contribution in [3.63, 3.8) is 0 Å². The lowest BCUT2D eigenvalue weighted by Gasteiger charge is -2.17. The topological polar surface area (TPSA) is 87.2 Å². The van der Waals surface area contributed by atoms with Crippen molar-refractivity contribution in [2.75, 3.05) is 31.1 Å². The number of hydrogen-bond donors (Lipinski definition) is 1. The average Bonchev–Trinajstić information content (AvgIpc) is 3.22. The number of carboxylic acids is 1. The molecule has 2 heterocycles. The monoisotopic (exact) mass is 332 g/mol. The molecule has 1 N–H and O–H groups in total. The molecule has 0 saturated carbocycles. The minimum Gasteiger partial charge on any atom is -0.484 e. The summed E-state index contributed by atoms with van der Waals surface area (Å²) in [5.41, 5.74) is 0.833. The molecule has 0 radical (unpaired) electrons. The molecule has 2 fully saturated rings. The predicted molar refractivity (Wildman–Crippen MR) is 85.8 cm³/mol. The normalized spacial score (nSPS) is 20.5. The summed E-state index contributed by atoms with van der Waals surface area (Å²) in [5, 5.41) is 8.96. The van der Waals surface area contributed by atoms with Gasteiger partial charge >= 0.3 is 5.97 Å². The van der Waals surface area contributed by atoms with Crippen LogP contribution in [0.15, 0.2) is 24.3 Å². The Morgan fingerprint density at radius 3 is 2.54 bits per heavy atom. The van der Waals surface area contributed by atoms with Crippen molar-refractivity contribution in [2.24, 2.45) is 5.92 Å². The van der Waals surface area contributed by atoms with E-state index in [9.17, 15) is 14.4 Å². The number of anilines is 1. The lowest BCUT2D eigenvalue weighted by molar-refractivity contribution is -0.141. The highest BCUT2D eigenvalue weighted by Gasteiger charge is 2.30. The van der Waals surface area contributed by atoms with Gasteiger partial charge in [0.15, 0.2) is 6.61 Å². The van der Waals surface area contributed by atoms with Crippen LogP contribution in [0.3, 0.4) is 0 Å². The molecule has 1 atom stereocenters. The summed E-state index contributed by atoms with van der Waals surface area (Å²) < 4.78 is 5.48. The molecule has 1 aromatic carbocycles. The van der Waals surface area contributed by atoms with Gasteiger partial charge in [0, 0.05) is 31.7 Å². The van der Waals surface area contributed by atoms with Gasteiger partial charge in [0.2, 0.25) is 5.91 Å². The maximum atomic E-state index is 12.1. The van der Waals surface area contributed by atoms with Gasteiger partial charge in [-0.05, 0) is 37.1 Å². The van der Waals surface area contributed by atoms with Crippen LogP contribution in [0.1, 0.15) is 19.3 Å². The van der Waals surface area contributed by atoms with Crippen molar-refractivity contribution in [2.45, 2.75) is 19.3 Å². The first-order chi connectivity index (χ1) is 11.5. The van der Waals surface area contributed by atoms with Crippen LogP contribution in [-0.4, -0.2) is 54.0 Å². The summed E-state index contributed by atoms with van der Waals surface area (Å²) >= 11 is 0. The van der Waals surface area contributed by atoms with E-state index in [1.165, 1.54) is 4.90 Å².